The number of ether oxygens (including phenoxy) is 1. The Balaban J connectivity index is 1.66. The number of thiophene rings is 1. The first-order valence-corrected chi connectivity index (χ1v) is 7.87. The van der Waals surface area contributed by atoms with Crippen molar-refractivity contribution in [3.05, 3.63) is 52.2 Å². The van der Waals surface area contributed by atoms with Crippen LogP contribution in [0.15, 0.2) is 46.1 Å². The second-order valence-corrected chi connectivity index (χ2v) is 5.43. The Labute approximate surface area is 129 Å². The van der Waals surface area contributed by atoms with Gasteiger partial charge >= 0.3 is 0 Å². The number of rotatable bonds is 6. The molecule has 112 valence electrons. The molecule has 5 heteroatoms. The van der Waals surface area contributed by atoms with Gasteiger partial charge < -0.3 is 15.4 Å². The highest BCUT2D eigenvalue weighted by atomic mass is 32.1. The molecule has 0 aliphatic rings. The minimum atomic E-state index is 0.600. The summed E-state index contributed by atoms with van der Waals surface area (Å²) >= 11 is 1.70. The summed E-state index contributed by atoms with van der Waals surface area (Å²) in [5.41, 5.74) is 2.47. The summed E-state index contributed by atoms with van der Waals surface area (Å²) in [4.78, 5) is 4.19. The molecule has 0 fully saturated rings. The molecule has 2 N–H and O–H groups in total. The van der Waals surface area contributed by atoms with Gasteiger partial charge in [-0.05, 0) is 47.0 Å². The number of guanidine groups is 1. The van der Waals surface area contributed by atoms with E-state index >= 15 is 0 Å². The van der Waals surface area contributed by atoms with E-state index in [4.69, 9.17) is 4.74 Å². The van der Waals surface area contributed by atoms with Crippen LogP contribution in [0.3, 0.4) is 0 Å². The van der Waals surface area contributed by atoms with E-state index in [1.165, 1.54) is 11.1 Å². The smallest absolute Gasteiger partial charge is 0.191 e. The number of nitrogens with one attached hydrogen (secondary N) is 2. The molecule has 0 bridgehead atoms. The third-order valence-electron chi connectivity index (χ3n) is 2.92. The van der Waals surface area contributed by atoms with Crippen molar-refractivity contribution in [2.45, 2.75) is 13.5 Å². The maximum Gasteiger partial charge on any atom is 0.191 e. The van der Waals surface area contributed by atoms with Crippen LogP contribution < -0.4 is 15.4 Å². The first-order chi connectivity index (χ1) is 10.3. The van der Waals surface area contributed by atoms with Crippen molar-refractivity contribution >= 4 is 17.3 Å². The Bertz CT molecular complexity index is 567. The highest BCUT2D eigenvalue weighted by Gasteiger charge is 1.99. The van der Waals surface area contributed by atoms with Gasteiger partial charge in [-0.25, -0.2) is 0 Å². The number of benzene rings is 1. The number of hydrogen-bond donors (Lipinski definition) is 2. The first kappa shape index (κ1) is 15.4. The van der Waals surface area contributed by atoms with Crippen molar-refractivity contribution in [2.75, 3.05) is 20.2 Å². The molecule has 0 spiro atoms. The molecule has 0 atom stereocenters. The first-order valence-electron chi connectivity index (χ1n) is 6.93. The van der Waals surface area contributed by atoms with E-state index in [9.17, 15) is 0 Å². The third-order valence-corrected chi connectivity index (χ3v) is 3.65. The molecule has 0 amide bonds. The van der Waals surface area contributed by atoms with Crippen LogP contribution >= 0.6 is 11.3 Å². The number of nitrogens with zero attached hydrogens (tertiary/aromatic N) is 1. The topological polar surface area (TPSA) is 45.7 Å². The molecular weight excluding hydrogens is 282 g/mol. The fourth-order valence-electron chi connectivity index (χ4n) is 1.84. The van der Waals surface area contributed by atoms with Gasteiger partial charge in [0.2, 0.25) is 0 Å². The largest absolute Gasteiger partial charge is 0.492 e. The van der Waals surface area contributed by atoms with Gasteiger partial charge in [-0.15, -0.1) is 0 Å². The highest BCUT2D eigenvalue weighted by Crippen LogP contribution is 2.11. The van der Waals surface area contributed by atoms with E-state index in [-0.39, 0.29) is 0 Å². The van der Waals surface area contributed by atoms with Crippen LogP contribution in [0.25, 0.3) is 0 Å². The number of aliphatic imine (C=N–C) groups is 1. The molecule has 0 unspecified atom stereocenters. The fourth-order valence-corrected chi connectivity index (χ4v) is 2.51. The predicted molar refractivity (Wildman–Crippen MR) is 89.2 cm³/mol. The Morgan fingerprint density at radius 3 is 2.90 bits per heavy atom. The normalized spacial score (nSPS) is 11.2. The van der Waals surface area contributed by atoms with Crippen LogP contribution in [0.4, 0.5) is 0 Å². The quantitative estimate of drug-likeness (QED) is 0.490. The zero-order chi connectivity index (χ0) is 14.9. The van der Waals surface area contributed by atoms with Crippen molar-refractivity contribution in [3.8, 4) is 5.75 Å². The monoisotopic (exact) mass is 303 g/mol. The van der Waals surface area contributed by atoms with Crippen LogP contribution in [0.1, 0.15) is 11.1 Å². The minimum Gasteiger partial charge on any atom is -0.492 e. The van der Waals surface area contributed by atoms with Gasteiger partial charge in [-0.3, -0.25) is 4.99 Å². The summed E-state index contributed by atoms with van der Waals surface area (Å²) < 4.78 is 5.69. The van der Waals surface area contributed by atoms with Crippen molar-refractivity contribution < 1.29 is 4.74 Å². The lowest BCUT2D eigenvalue weighted by atomic mass is 10.2. The molecule has 0 saturated heterocycles. The zero-order valence-electron chi connectivity index (χ0n) is 12.4. The molecule has 21 heavy (non-hydrogen) atoms. The van der Waals surface area contributed by atoms with E-state index in [0.29, 0.717) is 13.2 Å². The molecule has 0 saturated carbocycles. The molecule has 0 aliphatic carbocycles. The van der Waals surface area contributed by atoms with E-state index in [1.807, 2.05) is 18.2 Å². The lowest BCUT2D eigenvalue weighted by Crippen LogP contribution is -2.38. The summed E-state index contributed by atoms with van der Waals surface area (Å²) in [5, 5.41) is 10.7. The van der Waals surface area contributed by atoms with Gasteiger partial charge in [0.05, 0.1) is 6.54 Å². The van der Waals surface area contributed by atoms with E-state index < -0.39 is 0 Å². The third kappa shape index (κ3) is 5.47. The van der Waals surface area contributed by atoms with Gasteiger partial charge in [-0.1, -0.05) is 12.1 Å². The molecule has 1 aromatic carbocycles. The summed E-state index contributed by atoms with van der Waals surface area (Å²) in [6.07, 6.45) is 0. The average molecular weight is 303 g/mol. The minimum absolute atomic E-state index is 0.600. The number of aryl methyl sites for hydroxylation is 1. The molecule has 1 heterocycles. The lowest BCUT2D eigenvalue weighted by molar-refractivity contribution is 0.321. The van der Waals surface area contributed by atoms with Crippen LogP contribution in [0.2, 0.25) is 0 Å². The SMILES string of the molecule is CN=C(NCCOc1cccc(C)c1)NCc1ccsc1. The molecule has 1 aromatic heterocycles. The predicted octanol–water partition coefficient (Wildman–Crippen LogP) is 2.80. The van der Waals surface area contributed by atoms with Gasteiger partial charge in [0, 0.05) is 13.6 Å². The Kier molecular flexibility index (Phi) is 6.09. The van der Waals surface area contributed by atoms with Gasteiger partial charge in [0.15, 0.2) is 5.96 Å². The fraction of sp³-hybridized carbons (Fsp3) is 0.312. The molecule has 2 aromatic rings. The Morgan fingerprint density at radius 1 is 1.29 bits per heavy atom. The zero-order valence-corrected chi connectivity index (χ0v) is 13.2. The van der Waals surface area contributed by atoms with Crippen LogP contribution in [0, 0.1) is 6.92 Å². The summed E-state index contributed by atoms with van der Waals surface area (Å²) in [7, 11) is 1.77. The molecule has 2 rings (SSSR count). The second kappa shape index (κ2) is 8.32. The van der Waals surface area contributed by atoms with Crippen LogP contribution in [-0.2, 0) is 6.54 Å². The summed E-state index contributed by atoms with van der Waals surface area (Å²) in [6.45, 7) is 4.14. The van der Waals surface area contributed by atoms with Crippen molar-refractivity contribution in [1.82, 2.24) is 10.6 Å². The van der Waals surface area contributed by atoms with Crippen LogP contribution in [0.5, 0.6) is 5.75 Å². The second-order valence-electron chi connectivity index (χ2n) is 4.65. The van der Waals surface area contributed by atoms with E-state index in [2.05, 4.69) is 45.4 Å². The average Bonchev–Trinajstić information content (AvgIpc) is 3.00. The van der Waals surface area contributed by atoms with Crippen molar-refractivity contribution in [3.63, 3.8) is 0 Å². The molecule has 0 radical (unpaired) electrons. The lowest BCUT2D eigenvalue weighted by Gasteiger charge is -2.12. The summed E-state index contributed by atoms with van der Waals surface area (Å²) in [6, 6.07) is 10.2. The molecular formula is C16H21N3OS. The van der Waals surface area contributed by atoms with E-state index in [0.717, 1.165) is 18.3 Å². The van der Waals surface area contributed by atoms with Crippen molar-refractivity contribution in [1.29, 1.82) is 0 Å². The Hall–Kier alpha value is -2.01. The molecule has 4 nitrogen and oxygen atoms in total. The Morgan fingerprint density at radius 2 is 2.19 bits per heavy atom. The standard InChI is InChI=1S/C16H21N3OS/c1-13-4-3-5-15(10-13)20-8-7-18-16(17-2)19-11-14-6-9-21-12-14/h3-6,9-10,12H,7-8,11H2,1-2H3,(H2,17,18,19). The van der Waals surface area contributed by atoms with Crippen LogP contribution in [-0.4, -0.2) is 26.2 Å². The van der Waals surface area contributed by atoms with Gasteiger partial charge in [0.1, 0.15) is 12.4 Å². The van der Waals surface area contributed by atoms with Gasteiger partial charge in [-0.2, -0.15) is 11.3 Å². The van der Waals surface area contributed by atoms with E-state index in [1.54, 1.807) is 18.4 Å². The van der Waals surface area contributed by atoms with Gasteiger partial charge in [0.25, 0.3) is 0 Å². The van der Waals surface area contributed by atoms with Crippen molar-refractivity contribution in [2.24, 2.45) is 4.99 Å². The summed E-state index contributed by atoms with van der Waals surface area (Å²) in [5.74, 6) is 1.69. The molecule has 0 aliphatic heterocycles. The maximum atomic E-state index is 5.69. The highest BCUT2D eigenvalue weighted by molar-refractivity contribution is 7.07. The number of hydrogen-bond acceptors (Lipinski definition) is 3. The maximum absolute atomic E-state index is 5.69.